The minimum absolute atomic E-state index is 0. The van der Waals surface area contributed by atoms with Crippen molar-refractivity contribution in [2.45, 2.75) is 25.3 Å². The van der Waals surface area contributed by atoms with Gasteiger partial charge in [-0.05, 0) is 36.6 Å². The Bertz CT molecular complexity index is 436. The molecule has 0 bridgehead atoms. The van der Waals surface area contributed by atoms with E-state index in [9.17, 15) is 9.18 Å². The third kappa shape index (κ3) is 4.64. The van der Waals surface area contributed by atoms with Gasteiger partial charge in [-0.1, -0.05) is 11.6 Å². The lowest BCUT2D eigenvalue weighted by Gasteiger charge is -2.30. The Kier molecular flexibility index (Phi) is 6.04. The lowest BCUT2D eigenvalue weighted by molar-refractivity contribution is -0.131. The van der Waals surface area contributed by atoms with Crippen molar-refractivity contribution in [1.29, 1.82) is 0 Å². The van der Waals surface area contributed by atoms with Crippen molar-refractivity contribution in [2.24, 2.45) is 5.73 Å². The maximum atomic E-state index is 13.2. The molecule has 2 N–H and O–H groups in total. The maximum absolute atomic E-state index is 13.2. The van der Waals surface area contributed by atoms with Crippen LogP contribution in [-0.2, 0) is 11.2 Å². The number of nitrogens with zero attached hydrogens (tertiary/aromatic N) is 1. The number of amides is 1. The minimum atomic E-state index is -0.416. The molecule has 19 heavy (non-hydrogen) atoms. The molecule has 0 spiro atoms. The van der Waals surface area contributed by atoms with Crippen LogP contribution in [-0.4, -0.2) is 29.9 Å². The van der Waals surface area contributed by atoms with Gasteiger partial charge in [0.1, 0.15) is 5.82 Å². The first-order valence-corrected chi connectivity index (χ1v) is 6.41. The van der Waals surface area contributed by atoms with Crippen LogP contribution in [0.1, 0.15) is 18.4 Å². The van der Waals surface area contributed by atoms with Crippen LogP contribution in [0.4, 0.5) is 4.39 Å². The molecule has 6 heteroatoms. The Morgan fingerprint density at radius 3 is 2.84 bits per heavy atom. The summed E-state index contributed by atoms with van der Waals surface area (Å²) in [6, 6.07) is 4.24. The van der Waals surface area contributed by atoms with Gasteiger partial charge >= 0.3 is 0 Å². The van der Waals surface area contributed by atoms with Gasteiger partial charge in [-0.25, -0.2) is 4.39 Å². The number of carbonyl (C=O) groups is 1. The van der Waals surface area contributed by atoms with E-state index in [4.69, 9.17) is 17.3 Å². The standard InChI is InChI=1S/C13H16ClFN2O.ClH/c14-10-4-9(5-11(15)7-10)6-13(18)17-3-1-2-12(16)8-17;/h4-5,7,12H,1-3,6,8,16H2;1H. The van der Waals surface area contributed by atoms with Crippen LogP contribution in [0, 0.1) is 5.82 Å². The molecule has 1 fully saturated rings. The van der Waals surface area contributed by atoms with E-state index in [0.717, 1.165) is 19.4 Å². The van der Waals surface area contributed by atoms with Crippen molar-refractivity contribution in [3.05, 3.63) is 34.6 Å². The van der Waals surface area contributed by atoms with E-state index in [1.807, 2.05) is 0 Å². The molecular weight excluding hydrogens is 290 g/mol. The first-order chi connectivity index (χ1) is 8.54. The average Bonchev–Trinajstić information content (AvgIpc) is 2.27. The largest absolute Gasteiger partial charge is 0.341 e. The van der Waals surface area contributed by atoms with Gasteiger partial charge in [-0.15, -0.1) is 12.4 Å². The fourth-order valence-electron chi connectivity index (χ4n) is 2.24. The highest BCUT2D eigenvalue weighted by Crippen LogP contribution is 2.16. The molecule has 3 nitrogen and oxygen atoms in total. The summed E-state index contributed by atoms with van der Waals surface area (Å²) in [6.07, 6.45) is 2.05. The third-order valence-electron chi connectivity index (χ3n) is 3.09. The molecule has 1 aliphatic rings. The molecule has 1 unspecified atom stereocenters. The Hall–Kier alpha value is -0.840. The summed E-state index contributed by atoms with van der Waals surface area (Å²) in [5, 5.41) is 0.313. The summed E-state index contributed by atoms with van der Waals surface area (Å²) in [5.74, 6) is -0.438. The van der Waals surface area contributed by atoms with Gasteiger partial charge in [0.15, 0.2) is 0 Å². The van der Waals surface area contributed by atoms with Crippen LogP contribution in [0.15, 0.2) is 18.2 Å². The smallest absolute Gasteiger partial charge is 0.227 e. The summed E-state index contributed by atoms with van der Waals surface area (Å²) in [7, 11) is 0. The first-order valence-electron chi connectivity index (χ1n) is 6.03. The normalized spacial score (nSPS) is 18.9. The van der Waals surface area contributed by atoms with Crippen molar-refractivity contribution in [2.75, 3.05) is 13.1 Å². The highest BCUT2D eigenvalue weighted by atomic mass is 35.5. The highest BCUT2D eigenvalue weighted by Gasteiger charge is 2.21. The van der Waals surface area contributed by atoms with E-state index >= 15 is 0 Å². The lowest BCUT2D eigenvalue weighted by Crippen LogP contribution is -2.46. The number of nitrogens with two attached hydrogens (primary N) is 1. The Labute approximate surface area is 123 Å². The number of benzene rings is 1. The maximum Gasteiger partial charge on any atom is 0.227 e. The monoisotopic (exact) mass is 306 g/mol. The van der Waals surface area contributed by atoms with Crippen molar-refractivity contribution in [3.63, 3.8) is 0 Å². The van der Waals surface area contributed by atoms with Crippen molar-refractivity contribution in [3.8, 4) is 0 Å². The van der Waals surface area contributed by atoms with Gasteiger partial charge in [0, 0.05) is 24.2 Å². The molecule has 0 aliphatic carbocycles. The highest BCUT2D eigenvalue weighted by molar-refractivity contribution is 6.30. The number of rotatable bonds is 2. The molecule has 0 radical (unpaired) electrons. The second kappa shape index (κ2) is 7.08. The van der Waals surface area contributed by atoms with Crippen LogP contribution < -0.4 is 5.73 Å². The second-order valence-electron chi connectivity index (χ2n) is 4.70. The van der Waals surface area contributed by atoms with E-state index in [1.54, 1.807) is 11.0 Å². The van der Waals surface area contributed by atoms with Crippen molar-refractivity contribution >= 4 is 29.9 Å². The molecule has 2 rings (SSSR count). The molecule has 1 atom stereocenters. The van der Waals surface area contributed by atoms with Crippen LogP contribution >= 0.6 is 24.0 Å². The topological polar surface area (TPSA) is 46.3 Å². The van der Waals surface area contributed by atoms with E-state index in [-0.39, 0.29) is 30.8 Å². The van der Waals surface area contributed by atoms with Gasteiger partial charge in [0.2, 0.25) is 5.91 Å². The molecular formula is C13H17Cl2FN2O. The Morgan fingerprint density at radius 1 is 1.47 bits per heavy atom. The fourth-order valence-corrected chi connectivity index (χ4v) is 2.48. The van der Waals surface area contributed by atoms with E-state index in [0.29, 0.717) is 17.1 Å². The van der Waals surface area contributed by atoms with Gasteiger partial charge in [-0.2, -0.15) is 0 Å². The molecule has 1 saturated heterocycles. The third-order valence-corrected chi connectivity index (χ3v) is 3.31. The second-order valence-corrected chi connectivity index (χ2v) is 5.13. The van der Waals surface area contributed by atoms with E-state index in [2.05, 4.69) is 0 Å². The predicted molar refractivity (Wildman–Crippen MR) is 76.2 cm³/mol. The quantitative estimate of drug-likeness (QED) is 0.912. The number of carbonyl (C=O) groups excluding carboxylic acids is 1. The zero-order valence-electron chi connectivity index (χ0n) is 10.4. The molecule has 0 saturated carbocycles. The minimum Gasteiger partial charge on any atom is -0.341 e. The SMILES string of the molecule is Cl.NC1CCCN(C(=O)Cc2cc(F)cc(Cl)c2)C1. The zero-order chi connectivity index (χ0) is 13.1. The van der Waals surface area contributed by atoms with Gasteiger partial charge < -0.3 is 10.6 Å². The lowest BCUT2D eigenvalue weighted by atomic mass is 10.1. The summed E-state index contributed by atoms with van der Waals surface area (Å²) in [5.41, 5.74) is 6.43. The van der Waals surface area contributed by atoms with E-state index in [1.165, 1.54) is 12.1 Å². The van der Waals surface area contributed by atoms with E-state index < -0.39 is 5.82 Å². The molecule has 1 amide bonds. The summed E-state index contributed by atoms with van der Waals surface area (Å²) < 4.78 is 13.2. The van der Waals surface area contributed by atoms with Gasteiger partial charge in [0.05, 0.1) is 6.42 Å². The number of hydrogen-bond acceptors (Lipinski definition) is 2. The molecule has 1 aromatic rings. The van der Waals surface area contributed by atoms with Gasteiger partial charge in [0.25, 0.3) is 0 Å². The van der Waals surface area contributed by atoms with Crippen LogP contribution in [0.2, 0.25) is 5.02 Å². The fraction of sp³-hybridized carbons (Fsp3) is 0.462. The number of likely N-dealkylation sites (tertiary alicyclic amines) is 1. The predicted octanol–water partition coefficient (Wildman–Crippen LogP) is 2.39. The summed E-state index contributed by atoms with van der Waals surface area (Å²) in [4.78, 5) is 13.8. The molecule has 1 heterocycles. The molecule has 0 aromatic heterocycles. The number of halogens is 3. The number of hydrogen-bond donors (Lipinski definition) is 1. The molecule has 106 valence electrons. The Balaban J connectivity index is 0.00000180. The number of piperidine rings is 1. The zero-order valence-corrected chi connectivity index (χ0v) is 12.0. The van der Waals surface area contributed by atoms with Crippen LogP contribution in [0.5, 0.6) is 0 Å². The molecule has 1 aliphatic heterocycles. The van der Waals surface area contributed by atoms with Crippen LogP contribution in [0.25, 0.3) is 0 Å². The molecule has 1 aromatic carbocycles. The summed E-state index contributed by atoms with van der Waals surface area (Å²) in [6.45, 7) is 1.32. The van der Waals surface area contributed by atoms with Crippen LogP contribution in [0.3, 0.4) is 0 Å². The van der Waals surface area contributed by atoms with Crippen molar-refractivity contribution < 1.29 is 9.18 Å². The summed E-state index contributed by atoms with van der Waals surface area (Å²) >= 11 is 5.76. The average molecular weight is 307 g/mol. The van der Waals surface area contributed by atoms with Gasteiger partial charge in [-0.3, -0.25) is 4.79 Å². The Morgan fingerprint density at radius 2 is 2.21 bits per heavy atom. The van der Waals surface area contributed by atoms with Crippen molar-refractivity contribution in [1.82, 2.24) is 4.90 Å². The first kappa shape index (κ1) is 16.2.